The minimum Gasteiger partial charge on any atom is -0.329 e. The molecular formula is C14H22Cl2N2. The Morgan fingerprint density at radius 1 is 1.22 bits per heavy atom. The fraction of sp³-hybridized carbons (Fsp3) is 0.571. The summed E-state index contributed by atoms with van der Waals surface area (Å²) in [6.45, 7) is 3.84. The second kappa shape index (κ2) is 8.00. The van der Waals surface area contributed by atoms with Crippen LogP contribution in [-0.4, -0.2) is 25.0 Å². The molecule has 0 fully saturated rings. The molecule has 0 aliphatic heterocycles. The largest absolute Gasteiger partial charge is 0.329 e. The molecule has 4 heteroatoms. The molecule has 102 valence electrons. The monoisotopic (exact) mass is 288 g/mol. The van der Waals surface area contributed by atoms with E-state index < -0.39 is 0 Å². The normalized spacial score (nSPS) is 13.0. The smallest absolute Gasteiger partial charge is 0.0595 e. The molecule has 0 spiro atoms. The summed E-state index contributed by atoms with van der Waals surface area (Å²) in [6, 6.07) is 5.96. The summed E-state index contributed by atoms with van der Waals surface area (Å²) in [4.78, 5) is 2.29. The van der Waals surface area contributed by atoms with Crippen LogP contribution in [0.1, 0.15) is 37.8 Å². The summed E-state index contributed by atoms with van der Waals surface area (Å²) in [7, 11) is 2.11. The summed E-state index contributed by atoms with van der Waals surface area (Å²) < 4.78 is 0. The van der Waals surface area contributed by atoms with E-state index >= 15 is 0 Å². The van der Waals surface area contributed by atoms with Crippen molar-refractivity contribution >= 4 is 23.2 Å². The highest BCUT2D eigenvalue weighted by atomic mass is 35.5. The Kier molecular flexibility index (Phi) is 7.02. The maximum Gasteiger partial charge on any atom is 0.0595 e. The molecule has 0 radical (unpaired) electrons. The SMILES string of the molecule is CCCCCN(C)C(CN)c1ccc(Cl)c(Cl)c1. The third kappa shape index (κ3) is 4.43. The Bertz CT molecular complexity index is 369. The number of nitrogens with two attached hydrogens (primary N) is 1. The van der Waals surface area contributed by atoms with Crippen molar-refractivity contribution < 1.29 is 0 Å². The number of nitrogens with zero attached hydrogens (tertiary/aromatic N) is 1. The van der Waals surface area contributed by atoms with Crippen LogP contribution in [0.3, 0.4) is 0 Å². The number of halogens is 2. The summed E-state index contributed by atoms with van der Waals surface area (Å²) >= 11 is 12.0. The number of benzene rings is 1. The lowest BCUT2D eigenvalue weighted by atomic mass is 10.1. The molecule has 0 aliphatic carbocycles. The van der Waals surface area contributed by atoms with E-state index in [1.807, 2.05) is 18.2 Å². The second-order valence-corrected chi connectivity index (χ2v) is 5.43. The summed E-state index contributed by atoms with van der Waals surface area (Å²) in [5.41, 5.74) is 7.01. The first-order valence-corrected chi connectivity index (χ1v) is 7.21. The van der Waals surface area contributed by atoms with Gasteiger partial charge in [0.15, 0.2) is 0 Å². The molecule has 0 bridgehead atoms. The van der Waals surface area contributed by atoms with Gasteiger partial charge in [0.1, 0.15) is 0 Å². The molecule has 1 aromatic carbocycles. The Morgan fingerprint density at radius 2 is 1.94 bits per heavy atom. The quantitative estimate of drug-likeness (QED) is 0.765. The van der Waals surface area contributed by atoms with Crippen LogP contribution in [0.5, 0.6) is 0 Å². The van der Waals surface area contributed by atoms with Gasteiger partial charge in [-0.05, 0) is 37.7 Å². The van der Waals surface area contributed by atoms with Crippen molar-refractivity contribution in [2.24, 2.45) is 5.73 Å². The van der Waals surface area contributed by atoms with Crippen LogP contribution in [0.2, 0.25) is 10.0 Å². The Balaban J connectivity index is 2.72. The Morgan fingerprint density at radius 3 is 2.50 bits per heavy atom. The van der Waals surface area contributed by atoms with Crippen molar-refractivity contribution in [2.45, 2.75) is 32.2 Å². The van der Waals surface area contributed by atoms with E-state index in [1.165, 1.54) is 19.3 Å². The van der Waals surface area contributed by atoms with Crippen LogP contribution in [0.4, 0.5) is 0 Å². The highest BCUT2D eigenvalue weighted by Crippen LogP contribution is 2.27. The number of likely N-dealkylation sites (N-methyl/N-ethyl adjacent to an activating group) is 1. The Hall–Kier alpha value is -0.280. The predicted octanol–water partition coefficient (Wildman–Crippen LogP) is 4.12. The maximum atomic E-state index is 6.06. The molecule has 1 atom stereocenters. The summed E-state index contributed by atoms with van der Waals surface area (Å²) in [5, 5.41) is 1.18. The molecular weight excluding hydrogens is 267 g/mol. The number of hydrogen-bond acceptors (Lipinski definition) is 2. The Labute approximate surface area is 120 Å². The van der Waals surface area contributed by atoms with Crippen molar-refractivity contribution in [3.63, 3.8) is 0 Å². The summed E-state index contributed by atoms with van der Waals surface area (Å²) in [6.07, 6.45) is 3.68. The number of unbranched alkanes of at least 4 members (excludes halogenated alkanes) is 2. The van der Waals surface area contributed by atoms with Gasteiger partial charge < -0.3 is 5.73 Å². The van der Waals surface area contributed by atoms with Gasteiger partial charge >= 0.3 is 0 Å². The maximum absolute atomic E-state index is 6.06. The average molecular weight is 289 g/mol. The minimum atomic E-state index is 0.205. The lowest BCUT2D eigenvalue weighted by Gasteiger charge is -2.27. The molecule has 0 heterocycles. The topological polar surface area (TPSA) is 29.3 Å². The summed E-state index contributed by atoms with van der Waals surface area (Å²) in [5.74, 6) is 0. The van der Waals surface area contributed by atoms with Crippen LogP contribution < -0.4 is 5.73 Å². The van der Waals surface area contributed by atoms with Crippen LogP contribution >= 0.6 is 23.2 Å². The average Bonchev–Trinajstić information content (AvgIpc) is 2.35. The standard InChI is InChI=1S/C14H22Cl2N2/c1-3-4-5-8-18(2)14(10-17)11-6-7-12(15)13(16)9-11/h6-7,9,14H,3-5,8,10,17H2,1-2H3. The van der Waals surface area contributed by atoms with Gasteiger partial charge in [-0.3, -0.25) is 4.90 Å². The van der Waals surface area contributed by atoms with E-state index in [-0.39, 0.29) is 6.04 Å². The van der Waals surface area contributed by atoms with Crippen molar-refractivity contribution in [3.05, 3.63) is 33.8 Å². The van der Waals surface area contributed by atoms with Crippen LogP contribution in [0, 0.1) is 0 Å². The van der Waals surface area contributed by atoms with Gasteiger partial charge in [0, 0.05) is 12.6 Å². The molecule has 1 aromatic rings. The first-order chi connectivity index (χ1) is 8.60. The second-order valence-electron chi connectivity index (χ2n) is 4.61. The highest BCUT2D eigenvalue weighted by Gasteiger charge is 2.15. The number of rotatable bonds is 7. The lowest BCUT2D eigenvalue weighted by Crippen LogP contribution is -2.31. The van der Waals surface area contributed by atoms with E-state index in [0.717, 1.165) is 12.1 Å². The molecule has 18 heavy (non-hydrogen) atoms. The fourth-order valence-electron chi connectivity index (χ4n) is 2.06. The van der Waals surface area contributed by atoms with Gasteiger partial charge in [-0.25, -0.2) is 0 Å². The molecule has 0 saturated heterocycles. The molecule has 0 aliphatic rings. The van der Waals surface area contributed by atoms with Crippen LogP contribution in [0.15, 0.2) is 18.2 Å². The highest BCUT2D eigenvalue weighted by molar-refractivity contribution is 6.42. The van der Waals surface area contributed by atoms with Gasteiger partial charge in [-0.15, -0.1) is 0 Å². The van der Waals surface area contributed by atoms with E-state index in [2.05, 4.69) is 18.9 Å². The molecule has 1 rings (SSSR count). The fourth-order valence-corrected chi connectivity index (χ4v) is 2.36. The zero-order valence-corrected chi connectivity index (χ0v) is 12.6. The molecule has 0 amide bonds. The minimum absolute atomic E-state index is 0.205. The predicted molar refractivity (Wildman–Crippen MR) is 80.4 cm³/mol. The van der Waals surface area contributed by atoms with Gasteiger partial charge in [-0.1, -0.05) is 49.0 Å². The zero-order chi connectivity index (χ0) is 13.5. The molecule has 2 N–H and O–H groups in total. The van der Waals surface area contributed by atoms with Gasteiger partial charge in [0.25, 0.3) is 0 Å². The molecule has 0 saturated carbocycles. The first kappa shape index (κ1) is 15.8. The first-order valence-electron chi connectivity index (χ1n) is 6.45. The van der Waals surface area contributed by atoms with Crippen LogP contribution in [-0.2, 0) is 0 Å². The lowest BCUT2D eigenvalue weighted by molar-refractivity contribution is 0.245. The van der Waals surface area contributed by atoms with Crippen molar-refractivity contribution in [1.82, 2.24) is 4.90 Å². The van der Waals surface area contributed by atoms with Crippen molar-refractivity contribution in [2.75, 3.05) is 20.1 Å². The third-order valence-corrected chi connectivity index (χ3v) is 3.94. The zero-order valence-electron chi connectivity index (χ0n) is 11.1. The van der Waals surface area contributed by atoms with Gasteiger partial charge in [0.2, 0.25) is 0 Å². The van der Waals surface area contributed by atoms with Gasteiger partial charge in [-0.2, -0.15) is 0 Å². The number of hydrogen-bond donors (Lipinski definition) is 1. The molecule has 2 nitrogen and oxygen atoms in total. The molecule has 0 aromatic heterocycles. The van der Waals surface area contributed by atoms with E-state index in [1.54, 1.807) is 0 Å². The molecule has 1 unspecified atom stereocenters. The van der Waals surface area contributed by atoms with Crippen LogP contribution in [0.25, 0.3) is 0 Å². The van der Waals surface area contributed by atoms with E-state index in [0.29, 0.717) is 16.6 Å². The third-order valence-electron chi connectivity index (χ3n) is 3.20. The van der Waals surface area contributed by atoms with Crippen molar-refractivity contribution in [3.8, 4) is 0 Å². The van der Waals surface area contributed by atoms with Gasteiger partial charge in [0.05, 0.1) is 10.0 Å². The van der Waals surface area contributed by atoms with E-state index in [9.17, 15) is 0 Å². The van der Waals surface area contributed by atoms with E-state index in [4.69, 9.17) is 28.9 Å². The van der Waals surface area contributed by atoms with Crippen molar-refractivity contribution in [1.29, 1.82) is 0 Å².